The molecule has 5 N–H and O–H groups in total. The second-order valence-corrected chi connectivity index (χ2v) is 3.89. The molecule has 0 aromatic heterocycles. The molecule has 17 heavy (non-hydrogen) atoms. The molecule has 0 bridgehead atoms. The number of ether oxygens (including phenoxy) is 1. The van der Waals surface area contributed by atoms with Crippen LogP contribution in [-0.2, 0) is 16.0 Å². The van der Waals surface area contributed by atoms with Crippen molar-refractivity contribution in [3.05, 3.63) is 28.8 Å². The number of aryl methyl sites for hydroxylation is 1. The summed E-state index contributed by atoms with van der Waals surface area (Å²) in [5.41, 5.74) is 14.4. The minimum absolute atomic E-state index is 0.370. The van der Waals surface area contributed by atoms with Crippen LogP contribution >= 0.6 is 0 Å². The van der Waals surface area contributed by atoms with Crippen molar-refractivity contribution in [2.75, 3.05) is 12.8 Å². The molecule has 92 valence electrons. The molecule has 1 atom stereocenters. The number of nitrogens with one attached hydrogen (secondary N) is 1. The van der Waals surface area contributed by atoms with E-state index in [2.05, 4.69) is 4.74 Å². The number of rotatable bonds is 4. The first-order valence-electron chi connectivity index (χ1n) is 5.22. The van der Waals surface area contributed by atoms with Gasteiger partial charge in [0, 0.05) is 17.5 Å². The van der Waals surface area contributed by atoms with E-state index >= 15 is 0 Å². The second-order valence-electron chi connectivity index (χ2n) is 3.89. The van der Waals surface area contributed by atoms with Gasteiger partial charge in [0.2, 0.25) is 0 Å². The van der Waals surface area contributed by atoms with E-state index < -0.39 is 12.0 Å². The van der Waals surface area contributed by atoms with E-state index in [-0.39, 0.29) is 0 Å². The van der Waals surface area contributed by atoms with Gasteiger partial charge in [0.1, 0.15) is 6.04 Å². The fourth-order valence-electron chi connectivity index (χ4n) is 1.63. The fraction of sp³-hybridized carbons (Fsp3) is 0.333. The second kappa shape index (κ2) is 5.45. The maximum atomic E-state index is 11.2. The largest absolute Gasteiger partial charge is 0.468 e. The lowest BCUT2D eigenvalue weighted by Gasteiger charge is -2.12. The molecular weight excluding hydrogens is 218 g/mol. The van der Waals surface area contributed by atoms with Crippen molar-refractivity contribution in [2.24, 2.45) is 5.73 Å². The fourth-order valence-corrected chi connectivity index (χ4v) is 1.63. The van der Waals surface area contributed by atoms with Crippen LogP contribution in [0.1, 0.15) is 16.7 Å². The average molecular weight is 235 g/mol. The van der Waals surface area contributed by atoms with Crippen molar-refractivity contribution in [3.8, 4) is 0 Å². The topological polar surface area (TPSA) is 102 Å². The Morgan fingerprint density at radius 2 is 2.24 bits per heavy atom. The Morgan fingerprint density at radius 1 is 1.59 bits per heavy atom. The number of methoxy groups -OCH3 is 1. The number of esters is 1. The molecule has 5 heteroatoms. The highest BCUT2D eigenvalue weighted by Gasteiger charge is 2.15. The monoisotopic (exact) mass is 235 g/mol. The van der Waals surface area contributed by atoms with E-state index in [4.69, 9.17) is 16.9 Å². The molecule has 0 aliphatic carbocycles. The zero-order valence-electron chi connectivity index (χ0n) is 9.99. The quantitative estimate of drug-likeness (QED) is 0.404. The van der Waals surface area contributed by atoms with E-state index in [0.717, 1.165) is 11.1 Å². The third-order valence-electron chi connectivity index (χ3n) is 2.59. The molecular formula is C12H17N3O2. The van der Waals surface area contributed by atoms with Crippen molar-refractivity contribution < 1.29 is 9.53 Å². The van der Waals surface area contributed by atoms with E-state index in [1.807, 2.05) is 13.0 Å². The molecule has 0 saturated carbocycles. The normalized spacial score (nSPS) is 11.9. The number of hydrogen-bond acceptors (Lipinski definition) is 5. The maximum absolute atomic E-state index is 11.2. The third-order valence-corrected chi connectivity index (χ3v) is 2.59. The lowest BCUT2D eigenvalue weighted by Crippen LogP contribution is -2.33. The molecule has 0 spiro atoms. The smallest absolute Gasteiger partial charge is 0.322 e. The lowest BCUT2D eigenvalue weighted by molar-refractivity contribution is -0.142. The molecule has 1 rings (SSSR count). The molecule has 0 amide bonds. The van der Waals surface area contributed by atoms with Crippen LogP contribution in [0.4, 0.5) is 5.69 Å². The SMILES string of the molecule is COC(=O)[C@H](N)Cc1cc(C)c(N)c(C=N)c1. The van der Waals surface area contributed by atoms with Crippen molar-refractivity contribution >= 4 is 17.9 Å². The number of carbonyl (C=O) groups is 1. The van der Waals surface area contributed by atoms with Crippen LogP contribution in [0.5, 0.6) is 0 Å². The van der Waals surface area contributed by atoms with E-state index in [1.54, 1.807) is 6.07 Å². The van der Waals surface area contributed by atoms with E-state index in [0.29, 0.717) is 17.7 Å². The highest BCUT2D eigenvalue weighted by atomic mass is 16.5. The molecule has 1 aromatic carbocycles. The third kappa shape index (κ3) is 3.04. The average Bonchev–Trinajstić information content (AvgIpc) is 2.32. The Labute approximate surface area is 100 Å². The summed E-state index contributed by atoms with van der Waals surface area (Å²) < 4.78 is 4.56. The van der Waals surface area contributed by atoms with Gasteiger partial charge in [-0.2, -0.15) is 0 Å². The van der Waals surface area contributed by atoms with Crippen LogP contribution in [0, 0.1) is 12.3 Å². The first-order chi connectivity index (χ1) is 7.99. The molecule has 0 aliphatic heterocycles. The summed E-state index contributed by atoms with van der Waals surface area (Å²) in [7, 11) is 1.30. The molecule has 5 nitrogen and oxygen atoms in total. The summed E-state index contributed by atoms with van der Waals surface area (Å²) in [5.74, 6) is -0.448. The van der Waals surface area contributed by atoms with Gasteiger partial charge in [0.05, 0.1) is 7.11 Å². The Morgan fingerprint density at radius 3 is 2.76 bits per heavy atom. The number of benzene rings is 1. The molecule has 0 unspecified atom stereocenters. The number of nitrogens with two attached hydrogens (primary N) is 2. The van der Waals surface area contributed by atoms with Gasteiger partial charge < -0.3 is 21.6 Å². The van der Waals surface area contributed by atoms with Crippen molar-refractivity contribution in [3.63, 3.8) is 0 Å². The minimum atomic E-state index is -0.693. The standard InChI is InChI=1S/C12H17N3O2/c1-7-3-8(4-9(6-13)11(7)15)5-10(14)12(16)17-2/h3-4,6,10,13H,5,14-15H2,1-2H3/t10-/m1/s1. The summed E-state index contributed by atoms with van der Waals surface area (Å²) in [6, 6.07) is 2.94. The summed E-state index contributed by atoms with van der Waals surface area (Å²) in [6.45, 7) is 1.86. The predicted octanol–water partition coefficient (Wildman–Crippen LogP) is 0.618. The molecule has 0 fully saturated rings. The van der Waals surface area contributed by atoms with Gasteiger partial charge in [-0.1, -0.05) is 6.07 Å². The Bertz CT molecular complexity index is 444. The number of carbonyl (C=O) groups excluding carboxylic acids is 1. The first kappa shape index (κ1) is 13.2. The van der Waals surface area contributed by atoms with Gasteiger partial charge in [-0.25, -0.2) is 0 Å². The molecule has 0 saturated heterocycles. The van der Waals surface area contributed by atoms with Crippen molar-refractivity contribution in [1.29, 1.82) is 5.41 Å². The highest BCUT2D eigenvalue weighted by molar-refractivity contribution is 5.86. The van der Waals surface area contributed by atoms with Crippen molar-refractivity contribution in [1.82, 2.24) is 0 Å². The van der Waals surface area contributed by atoms with E-state index in [1.165, 1.54) is 13.3 Å². The van der Waals surface area contributed by atoms with Gasteiger partial charge in [0.15, 0.2) is 0 Å². The predicted molar refractivity (Wildman–Crippen MR) is 67.2 cm³/mol. The molecule has 0 aliphatic rings. The van der Waals surface area contributed by atoms with Crippen LogP contribution < -0.4 is 11.5 Å². The summed E-state index contributed by atoms with van der Waals surface area (Å²) in [4.78, 5) is 11.2. The summed E-state index contributed by atoms with van der Waals surface area (Å²) in [6.07, 6.45) is 1.56. The van der Waals surface area contributed by atoms with E-state index in [9.17, 15) is 4.79 Å². The maximum Gasteiger partial charge on any atom is 0.322 e. The number of hydrogen-bond donors (Lipinski definition) is 3. The summed E-state index contributed by atoms with van der Waals surface area (Å²) >= 11 is 0. The molecule has 1 aromatic rings. The van der Waals surface area contributed by atoms with Crippen molar-refractivity contribution in [2.45, 2.75) is 19.4 Å². The zero-order chi connectivity index (χ0) is 13.0. The molecule has 0 radical (unpaired) electrons. The van der Waals surface area contributed by atoms with Gasteiger partial charge in [-0.15, -0.1) is 0 Å². The highest BCUT2D eigenvalue weighted by Crippen LogP contribution is 2.19. The first-order valence-corrected chi connectivity index (χ1v) is 5.22. The summed E-state index contributed by atoms with van der Waals surface area (Å²) in [5, 5.41) is 7.25. The lowest BCUT2D eigenvalue weighted by atomic mass is 9.99. The van der Waals surface area contributed by atoms with Gasteiger partial charge in [0.25, 0.3) is 0 Å². The van der Waals surface area contributed by atoms with Crippen LogP contribution in [0.25, 0.3) is 0 Å². The van der Waals surface area contributed by atoms with Crippen LogP contribution in [0.3, 0.4) is 0 Å². The zero-order valence-corrected chi connectivity index (χ0v) is 9.99. The van der Waals surface area contributed by atoms with Crippen LogP contribution in [0.15, 0.2) is 12.1 Å². The van der Waals surface area contributed by atoms with Gasteiger partial charge >= 0.3 is 5.97 Å². The van der Waals surface area contributed by atoms with Crippen LogP contribution in [0.2, 0.25) is 0 Å². The van der Waals surface area contributed by atoms with Gasteiger partial charge in [-0.3, -0.25) is 4.79 Å². The minimum Gasteiger partial charge on any atom is -0.468 e. The van der Waals surface area contributed by atoms with Gasteiger partial charge in [-0.05, 0) is 30.5 Å². The van der Waals surface area contributed by atoms with Crippen LogP contribution in [-0.4, -0.2) is 25.3 Å². The Balaban J connectivity index is 2.96. The number of anilines is 1. The Kier molecular flexibility index (Phi) is 4.23. The number of nitrogen functional groups attached to an aromatic ring is 1. The molecule has 0 heterocycles. The Hall–Kier alpha value is -1.88.